The molecule has 1 fully saturated rings. The Morgan fingerprint density at radius 3 is 2.80 bits per heavy atom. The summed E-state index contributed by atoms with van der Waals surface area (Å²) in [5.41, 5.74) is 7.28. The number of thiophene rings is 1. The SMILES string of the molecule is CC.NC1COc2c(C3CC3)csc2C1. The molecule has 0 saturated heterocycles. The molecule has 1 aromatic heterocycles. The predicted molar refractivity (Wildman–Crippen MR) is 64.8 cm³/mol. The molecule has 0 bridgehead atoms. The summed E-state index contributed by atoms with van der Waals surface area (Å²) in [6.45, 7) is 4.70. The molecule has 1 saturated carbocycles. The average Bonchev–Trinajstić information content (AvgIpc) is 3.02. The lowest BCUT2D eigenvalue weighted by Crippen LogP contribution is -2.33. The largest absolute Gasteiger partial charge is 0.490 e. The van der Waals surface area contributed by atoms with Crippen LogP contribution in [0.1, 0.15) is 43.0 Å². The monoisotopic (exact) mass is 225 g/mol. The molecule has 0 spiro atoms. The Balaban J connectivity index is 0.000000404. The van der Waals surface area contributed by atoms with Gasteiger partial charge in [-0.2, -0.15) is 0 Å². The van der Waals surface area contributed by atoms with E-state index in [1.165, 1.54) is 29.0 Å². The van der Waals surface area contributed by atoms with Gasteiger partial charge in [0.2, 0.25) is 0 Å². The van der Waals surface area contributed by atoms with Crippen molar-refractivity contribution in [2.45, 2.75) is 45.1 Å². The van der Waals surface area contributed by atoms with E-state index in [0.29, 0.717) is 6.61 Å². The topological polar surface area (TPSA) is 35.2 Å². The smallest absolute Gasteiger partial charge is 0.136 e. The molecule has 1 aliphatic carbocycles. The van der Waals surface area contributed by atoms with E-state index >= 15 is 0 Å². The highest BCUT2D eigenvalue weighted by molar-refractivity contribution is 7.10. The number of hydrogen-bond acceptors (Lipinski definition) is 3. The van der Waals surface area contributed by atoms with Crippen molar-refractivity contribution in [2.24, 2.45) is 5.73 Å². The second-order valence-corrected chi connectivity index (χ2v) is 4.96. The van der Waals surface area contributed by atoms with Gasteiger partial charge in [-0.1, -0.05) is 13.8 Å². The van der Waals surface area contributed by atoms with Crippen molar-refractivity contribution < 1.29 is 4.74 Å². The minimum atomic E-state index is 0.207. The van der Waals surface area contributed by atoms with E-state index in [2.05, 4.69) is 5.38 Å². The maximum absolute atomic E-state index is 5.83. The zero-order chi connectivity index (χ0) is 10.8. The second kappa shape index (κ2) is 4.54. The normalized spacial score (nSPS) is 23.5. The Morgan fingerprint density at radius 2 is 2.13 bits per heavy atom. The van der Waals surface area contributed by atoms with Gasteiger partial charge in [-0.25, -0.2) is 0 Å². The van der Waals surface area contributed by atoms with Crippen molar-refractivity contribution in [3.63, 3.8) is 0 Å². The molecule has 84 valence electrons. The van der Waals surface area contributed by atoms with Crippen molar-refractivity contribution in [3.8, 4) is 5.75 Å². The van der Waals surface area contributed by atoms with Crippen LogP contribution in [0.4, 0.5) is 0 Å². The van der Waals surface area contributed by atoms with Gasteiger partial charge in [0.25, 0.3) is 0 Å². The summed E-state index contributed by atoms with van der Waals surface area (Å²) in [5.74, 6) is 1.98. The number of hydrogen-bond donors (Lipinski definition) is 1. The summed E-state index contributed by atoms with van der Waals surface area (Å²) in [4.78, 5) is 1.36. The van der Waals surface area contributed by atoms with Crippen LogP contribution in [0.2, 0.25) is 0 Å². The Labute approximate surface area is 95.4 Å². The van der Waals surface area contributed by atoms with E-state index in [4.69, 9.17) is 10.5 Å². The van der Waals surface area contributed by atoms with Crippen LogP contribution in [0.15, 0.2) is 5.38 Å². The summed E-state index contributed by atoms with van der Waals surface area (Å²) in [6.07, 6.45) is 3.70. The fraction of sp³-hybridized carbons (Fsp3) is 0.667. The molecule has 2 aliphatic rings. The number of nitrogens with two attached hydrogens (primary N) is 1. The first-order chi connectivity index (χ1) is 7.34. The van der Waals surface area contributed by atoms with Crippen LogP contribution in [0.3, 0.4) is 0 Å². The van der Waals surface area contributed by atoms with Crippen molar-refractivity contribution in [1.82, 2.24) is 0 Å². The summed E-state index contributed by atoms with van der Waals surface area (Å²) in [5, 5.41) is 2.26. The number of rotatable bonds is 1. The van der Waals surface area contributed by atoms with Crippen molar-refractivity contribution in [3.05, 3.63) is 15.8 Å². The first-order valence-corrected chi connectivity index (χ1v) is 6.71. The summed E-state index contributed by atoms with van der Waals surface area (Å²) in [6, 6.07) is 0.207. The molecular formula is C12H19NOS. The van der Waals surface area contributed by atoms with Gasteiger partial charge >= 0.3 is 0 Å². The molecule has 1 aliphatic heterocycles. The van der Waals surface area contributed by atoms with E-state index in [-0.39, 0.29) is 6.04 Å². The first kappa shape index (κ1) is 11.0. The van der Waals surface area contributed by atoms with Gasteiger partial charge in [0.15, 0.2) is 0 Å². The van der Waals surface area contributed by atoms with Crippen LogP contribution in [-0.2, 0) is 6.42 Å². The highest BCUT2D eigenvalue weighted by Crippen LogP contribution is 2.48. The molecule has 0 aromatic carbocycles. The quantitative estimate of drug-likeness (QED) is 0.797. The zero-order valence-corrected chi connectivity index (χ0v) is 10.3. The second-order valence-electron chi connectivity index (χ2n) is 3.99. The molecule has 0 radical (unpaired) electrons. The van der Waals surface area contributed by atoms with Gasteiger partial charge in [0.05, 0.1) is 0 Å². The lowest BCUT2D eigenvalue weighted by atomic mass is 10.1. The van der Waals surface area contributed by atoms with Gasteiger partial charge in [-0.3, -0.25) is 0 Å². The third-order valence-electron chi connectivity index (χ3n) is 2.75. The van der Waals surface area contributed by atoms with Gasteiger partial charge < -0.3 is 10.5 Å². The zero-order valence-electron chi connectivity index (χ0n) is 9.45. The van der Waals surface area contributed by atoms with Gasteiger partial charge in [0.1, 0.15) is 12.4 Å². The average molecular weight is 225 g/mol. The van der Waals surface area contributed by atoms with Crippen molar-refractivity contribution >= 4 is 11.3 Å². The van der Waals surface area contributed by atoms with E-state index < -0.39 is 0 Å². The third kappa shape index (κ3) is 2.18. The molecule has 0 amide bonds. The standard InChI is InChI=1S/C10H13NOS.C2H6/c11-7-3-9-10(12-4-7)8(5-13-9)6-1-2-6;1-2/h5-7H,1-4,11H2;1-2H3. The summed E-state index contributed by atoms with van der Waals surface area (Å²) >= 11 is 1.82. The van der Waals surface area contributed by atoms with Gasteiger partial charge in [-0.05, 0) is 24.1 Å². The molecule has 2 N–H and O–H groups in total. The van der Waals surface area contributed by atoms with Crippen LogP contribution >= 0.6 is 11.3 Å². The lowest BCUT2D eigenvalue weighted by molar-refractivity contribution is 0.264. The molecule has 3 heteroatoms. The molecule has 2 heterocycles. The molecule has 1 unspecified atom stereocenters. The van der Waals surface area contributed by atoms with Gasteiger partial charge in [0, 0.05) is 22.9 Å². The minimum Gasteiger partial charge on any atom is -0.490 e. The Kier molecular flexibility index (Phi) is 3.32. The van der Waals surface area contributed by atoms with E-state index in [0.717, 1.165) is 12.3 Å². The van der Waals surface area contributed by atoms with Crippen LogP contribution < -0.4 is 10.5 Å². The van der Waals surface area contributed by atoms with Crippen LogP contribution in [-0.4, -0.2) is 12.6 Å². The van der Waals surface area contributed by atoms with E-state index in [1.807, 2.05) is 25.2 Å². The molecule has 3 rings (SSSR count). The highest BCUT2D eigenvalue weighted by atomic mass is 32.1. The maximum Gasteiger partial charge on any atom is 0.136 e. The molecule has 2 nitrogen and oxygen atoms in total. The van der Waals surface area contributed by atoms with Crippen LogP contribution in [0.5, 0.6) is 5.75 Å². The fourth-order valence-corrected chi connectivity index (χ4v) is 3.03. The molecular weight excluding hydrogens is 206 g/mol. The summed E-state index contributed by atoms with van der Waals surface area (Å²) < 4.78 is 5.69. The van der Waals surface area contributed by atoms with Crippen molar-refractivity contribution in [1.29, 1.82) is 0 Å². The first-order valence-electron chi connectivity index (χ1n) is 5.83. The fourth-order valence-electron chi connectivity index (χ4n) is 1.87. The Hall–Kier alpha value is -0.540. The third-order valence-corrected chi connectivity index (χ3v) is 3.76. The minimum absolute atomic E-state index is 0.207. The van der Waals surface area contributed by atoms with Crippen molar-refractivity contribution in [2.75, 3.05) is 6.61 Å². The van der Waals surface area contributed by atoms with E-state index in [9.17, 15) is 0 Å². The Bertz CT molecular complexity index is 330. The predicted octanol–water partition coefficient (Wildman–Crippen LogP) is 2.91. The number of fused-ring (bicyclic) bond motifs is 1. The Morgan fingerprint density at radius 1 is 1.40 bits per heavy atom. The number of ether oxygens (including phenoxy) is 1. The molecule has 1 aromatic rings. The van der Waals surface area contributed by atoms with E-state index in [1.54, 1.807) is 0 Å². The lowest BCUT2D eigenvalue weighted by Gasteiger charge is -2.20. The van der Waals surface area contributed by atoms with Crippen LogP contribution in [0.25, 0.3) is 0 Å². The molecule has 1 atom stereocenters. The van der Waals surface area contributed by atoms with Gasteiger partial charge in [-0.15, -0.1) is 11.3 Å². The highest BCUT2D eigenvalue weighted by Gasteiger charge is 2.31. The van der Waals surface area contributed by atoms with Crippen LogP contribution in [0, 0.1) is 0 Å². The summed E-state index contributed by atoms with van der Waals surface area (Å²) in [7, 11) is 0. The molecule has 15 heavy (non-hydrogen) atoms. The maximum atomic E-state index is 5.83.